The van der Waals surface area contributed by atoms with Gasteiger partial charge in [0.15, 0.2) is 0 Å². The number of nitrogens with zero attached hydrogens (tertiary/aromatic N) is 1. The number of ether oxygens (including phenoxy) is 1. The molecular formula is C26H29NO2. The number of rotatable bonds is 4. The maximum absolute atomic E-state index is 13.1. The summed E-state index contributed by atoms with van der Waals surface area (Å²) in [6.45, 7) is 9.19. The van der Waals surface area contributed by atoms with Gasteiger partial charge in [0.05, 0.1) is 17.7 Å². The van der Waals surface area contributed by atoms with Crippen LogP contribution >= 0.6 is 0 Å². The summed E-state index contributed by atoms with van der Waals surface area (Å²) < 4.78 is 7.74. The van der Waals surface area contributed by atoms with E-state index >= 15 is 0 Å². The molecule has 0 spiro atoms. The molecule has 0 saturated carbocycles. The number of fused-ring (bicyclic) bond motifs is 5. The van der Waals surface area contributed by atoms with Crippen LogP contribution in [0.1, 0.15) is 56.5 Å². The molecule has 0 amide bonds. The molecule has 3 aromatic carbocycles. The van der Waals surface area contributed by atoms with E-state index in [1.165, 1.54) is 16.3 Å². The lowest BCUT2D eigenvalue weighted by molar-refractivity contribution is 0.0502. The summed E-state index contributed by atoms with van der Waals surface area (Å²) >= 11 is 0. The Labute approximate surface area is 172 Å². The molecule has 0 aliphatic rings. The largest absolute Gasteiger partial charge is 0.462 e. The Kier molecular flexibility index (Phi) is 4.85. The number of carbonyl (C=O) groups excluding carboxylic acids is 1. The summed E-state index contributed by atoms with van der Waals surface area (Å²) in [5.41, 5.74) is 4.02. The van der Waals surface area contributed by atoms with Gasteiger partial charge in [-0.15, -0.1) is 0 Å². The van der Waals surface area contributed by atoms with Crippen LogP contribution in [-0.4, -0.2) is 17.1 Å². The highest BCUT2D eigenvalue weighted by Gasteiger charge is 2.22. The van der Waals surface area contributed by atoms with Gasteiger partial charge in [-0.2, -0.15) is 0 Å². The van der Waals surface area contributed by atoms with Gasteiger partial charge in [0.1, 0.15) is 0 Å². The normalized spacial score (nSPS) is 12.2. The molecule has 3 heteroatoms. The van der Waals surface area contributed by atoms with Gasteiger partial charge in [-0.05, 0) is 40.3 Å². The van der Waals surface area contributed by atoms with Crippen LogP contribution < -0.4 is 0 Å². The number of carbonyl (C=O) groups is 1. The number of para-hydroxylation sites is 1. The Morgan fingerprint density at radius 1 is 1.03 bits per heavy atom. The fourth-order valence-corrected chi connectivity index (χ4v) is 4.12. The molecule has 0 N–H and O–H groups in total. The number of aromatic nitrogens is 1. The predicted molar refractivity (Wildman–Crippen MR) is 122 cm³/mol. The van der Waals surface area contributed by atoms with Crippen molar-refractivity contribution in [1.82, 2.24) is 4.57 Å². The summed E-state index contributed by atoms with van der Waals surface area (Å²) in [4.78, 5) is 13.1. The Morgan fingerprint density at radius 2 is 1.79 bits per heavy atom. The van der Waals surface area contributed by atoms with E-state index in [4.69, 9.17) is 4.74 Å². The van der Waals surface area contributed by atoms with Crippen LogP contribution in [0.3, 0.4) is 0 Å². The first-order chi connectivity index (χ1) is 13.8. The maximum Gasteiger partial charge on any atom is 0.340 e. The zero-order valence-corrected chi connectivity index (χ0v) is 18.0. The van der Waals surface area contributed by atoms with Crippen molar-refractivity contribution in [3.05, 3.63) is 59.7 Å². The van der Waals surface area contributed by atoms with Crippen molar-refractivity contribution in [2.75, 3.05) is 6.61 Å². The summed E-state index contributed by atoms with van der Waals surface area (Å²) in [5.74, 6) is -0.239. The van der Waals surface area contributed by atoms with Crippen LogP contribution in [0.25, 0.3) is 32.6 Å². The SMILES string of the molecule is CCCCOC(=O)c1cc2cc(C(C)(C)C)ccc2c2c3ccccc3n(C)c12. The minimum Gasteiger partial charge on any atom is -0.462 e. The number of hydrogen-bond donors (Lipinski definition) is 0. The van der Waals surface area contributed by atoms with Crippen LogP contribution in [0.4, 0.5) is 0 Å². The van der Waals surface area contributed by atoms with E-state index < -0.39 is 0 Å². The molecule has 0 bridgehead atoms. The third-order valence-corrected chi connectivity index (χ3v) is 5.80. The zero-order valence-electron chi connectivity index (χ0n) is 18.0. The minimum absolute atomic E-state index is 0.0453. The molecule has 29 heavy (non-hydrogen) atoms. The second-order valence-corrected chi connectivity index (χ2v) is 8.90. The van der Waals surface area contributed by atoms with Crippen LogP contribution in [0.5, 0.6) is 0 Å². The highest BCUT2D eigenvalue weighted by Crippen LogP contribution is 2.38. The van der Waals surface area contributed by atoms with Gasteiger partial charge in [-0.3, -0.25) is 0 Å². The molecule has 150 valence electrons. The number of benzene rings is 3. The van der Waals surface area contributed by atoms with Crippen LogP contribution in [0.2, 0.25) is 0 Å². The van der Waals surface area contributed by atoms with E-state index in [1.54, 1.807) is 0 Å². The Balaban J connectivity index is 2.07. The maximum atomic E-state index is 13.1. The molecule has 3 nitrogen and oxygen atoms in total. The highest BCUT2D eigenvalue weighted by molar-refractivity contribution is 6.25. The molecule has 0 fully saturated rings. The number of aryl methyl sites for hydroxylation is 1. The Morgan fingerprint density at radius 3 is 2.52 bits per heavy atom. The second-order valence-electron chi connectivity index (χ2n) is 8.90. The molecule has 0 atom stereocenters. The first kappa shape index (κ1) is 19.5. The number of esters is 1. The van der Waals surface area contributed by atoms with E-state index in [9.17, 15) is 4.79 Å². The zero-order chi connectivity index (χ0) is 20.8. The molecule has 0 aliphatic heterocycles. The van der Waals surface area contributed by atoms with E-state index in [0.29, 0.717) is 12.2 Å². The van der Waals surface area contributed by atoms with Gasteiger partial charge in [-0.25, -0.2) is 4.79 Å². The van der Waals surface area contributed by atoms with Gasteiger partial charge in [0.2, 0.25) is 0 Å². The lowest BCUT2D eigenvalue weighted by Gasteiger charge is -2.20. The predicted octanol–water partition coefficient (Wildman–Crippen LogP) is 6.74. The van der Waals surface area contributed by atoms with Crippen LogP contribution in [0, 0.1) is 0 Å². The quantitative estimate of drug-likeness (QED) is 0.287. The topological polar surface area (TPSA) is 31.2 Å². The van der Waals surface area contributed by atoms with Gasteiger partial charge in [0.25, 0.3) is 0 Å². The van der Waals surface area contributed by atoms with Gasteiger partial charge >= 0.3 is 5.97 Å². The third kappa shape index (κ3) is 3.29. The van der Waals surface area contributed by atoms with Crippen molar-refractivity contribution in [2.45, 2.75) is 46.0 Å². The van der Waals surface area contributed by atoms with Crippen LogP contribution in [-0.2, 0) is 17.2 Å². The van der Waals surface area contributed by atoms with E-state index in [0.717, 1.165) is 34.6 Å². The van der Waals surface area contributed by atoms with Crippen molar-refractivity contribution in [2.24, 2.45) is 7.05 Å². The van der Waals surface area contributed by atoms with E-state index in [1.807, 2.05) is 19.2 Å². The smallest absolute Gasteiger partial charge is 0.340 e. The molecule has 1 aromatic heterocycles. The molecule has 4 rings (SSSR count). The van der Waals surface area contributed by atoms with Crippen LogP contribution in [0.15, 0.2) is 48.5 Å². The fraction of sp³-hybridized carbons (Fsp3) is 0.346. The second kappa shape index (κ2) is 7.22. The van der Waals surface area contributed by atoms with E-state index in [2.05, 4.69) is 68.7 Å². The fourth-order valence-electron chi connectivity index (χ4n) is 4.12. The van der Waals surface area contributed by atoms with Crippen molar-refractivity contribution in [1.29, 1.82) is 0 Å². The van der Waals surface area contributed by atoms with Crippen molar-refractivity contribution in [3.63, 3.8) is 0 Å². The highest BCUT2D eigenvalue weighted by atomic mass is 16.5. The molecule has 0 radical (unpaired) electrons. The Bertz CT molecular complexity index is 1220. The number of unbranched alkanes of at least 4 members (excludes halogenated alkanes) is 1. The summed E-state index contributed by atoms with van der Waals surface area (Å²) in [6, 6.07) is 17.0. The standard InChI is InChI=1S/C26H29NO2/c1-6-7-14-29-25(28)21-16-17-15-18(26(2,3)4)12-13-19(17)23-20-10-8-9-11-22(20)27(5)24(21)23/h8-13,15-16H,6-7,14H2,1-5H3. The van der Waals surface area contributed by atoms with E-state index in [-0.39, 0.29) is 11.4 Å². The average Bonchev–Trinajstić information content (AvgIpc) is 3.00. The van der Waals surface area contributed by atoms with Crippen molar-refractivity contribution >= 4 is 38.5 Å². The number of hydrogen-bond acceptors (Lipinski definition) is 2. The first-order valence-corrected chi connectivity index (χ1v) is 10.4. The van der Waals surface area contributed by atoms with Gasteiger partial charge in [-0.1, -0.05) is 70.5 Å². The summed E-state index contributed by atoms with van der Waals surface area (Å²) in [6.07, 6.45) is 1.88. The summed E-state index contributed by atoms with van der Waals surface area (Å²) in [7, 11) is 2.03. The van der Waals surface area contributed by atoms with Gasteiger partial charge < -0.3 is 9.30 Å². The average molecular weight is 388 g/mol. The lowest BCUT2D eigenvalue weighted by Crippen LogP contribution is -2.11. The van der Waals surface area contributed by atoms with Crippen molar-refractivity contribution < 1.29 is 9.53 Å². The van der Waals surface area contributed by atoms with Gasteiger partial charge in [0, 0.05) is 23.3 Å². The Hall–Kier alpha value is -2.81. The minimum atomic E-state index is -0.239. The molecule has 0 unspecified atom stereocenters. The molecule has 0 aliphatic carbocycles. The molecular weight excluding hydrogens is 358 g/mol. The first-order valence-electron chi connectivity index (χ1n) is 10.4. The monoisotopic (exact) mass is 387 g/mol. The molecule has 1 heterocycles. The molecule has 0 saturated heterocycles. The third-order valence-electron chi connectivity index (χ3n) is 5.80. The van der Waals surface area contributed by atoms with Crippen molar-refractivity contribution in [3.8, 4) is 0 Å². The lowest BCUT2D eigenvalue weighted by atomic mass is 9.85. The summed E-state index contributed by atoms with van der Waals surface area (Å²) in [5, 5.41) is 4.56. The molecule has 4 aromatic rings.